The van der Waals surface area contributed by atoms with Gasteiger partial charge in [-0.2, -0.15) is 5.26 Å². The molecule has 0 radical (unpaired) electrons. The van der Waals surface area contributed by atoms with E-state index in [4.69, 9.17) is 21.6 Å². The minimum atomic E-state index is -0.285. The Hall–Kier alpha value is -2.71. The second kappa shape index (κ2) is 7.52. The molecule has 2 N–H and O–H groups in total. The Morgan fingerprint density at radius 1 is 1.26 bits per heavy atom. The zero-order chi connectivity index (χ0) is 16.8. The molecule has 23 heavy (non-hydrogen) atoms. The van der Waals surface area contributed by atoms with E-state index in [1.54, 1.807) is 25.3 Å². The van der Waals surface area contributed by atoms with Gasteiger partial charge in [-0.25, -0.2) is 0 Å². The lowest BCUT2D eigenvalue weighted by molar-refractivity contribution is -0.114. The second-order valence-electron chi connectivity index (χ2n) is 4.91. The fourth-order valence-electron chi connectivity index (χ4n) is 2.05. The normalized spacial score (nSPS) is 9.83. The highest BCUT2D eigenvalue weighted by molar-refractivity contribution is 6.31. The summed E-state index contributed by atoms with van der Waals surface area (Å²) in [6.45, 7) is 1.99. The lowest BCUT2D eigenvalue weighted by atomic mass is 10.2. The van der Waals surface area contributed by atoms with Crippen LogP contribution in [-0.2, 0) is 4.79 Å². The molecule has 0 aromatic heterocycles. The van der Waals surface area contributed by atoms with Gasteiger partial charge in [0.15, 0.2) is 0 Å². The van der Waals surface area contributed by atoms with Crippen molar-refractivity contribution < 1.29 is 9.53 Å². The zero-order valence-corrected chi connectivity index (χ0v) is 13.6. The maximum Gasteiger partial charge on any atom is 0.243 e. The summed E-state index contributed by atoms with van der Waals surface area (Å²) in [5.74, 6) is 0.371. The van der Waals surface area contributed by atoms with E-state index in [0.717, 1.165) is 11.3 Å². The zero-order valence-electron chi connectivity index (χ0n) is 12.8. The van der Waals surface area contributed by atoms with E-state index in [1.807, 2.05) is 31.2 Å². The van der Waals surface area contributed by atoms with Crippen molar-refractivity contribution in [1.29, 1.82) is 5.26 Å². The third-order valence-electron chi connectivity index (χ3n) is 3.17. The SMILES string of the molecule is COc1ccc(C)cc1NCC(=O)Nc1cc(Cl)ccc1C#N. The van der Waals surface area contributed by atoms with Gasteiger partial charge in [0.2, 0.25) is 5.91 Å². The average Bonchev–Trinajstić information content (AvgIpc) is 2.53. The van der Waals surface area contributed by atoms with Crippen LogP contribution in [0.15, 0.2) is 36.4 Å². The third-order valence-corrected chi connectivity index (χ3v) is 3.41. The predicted molar refractivity (Wildman–Crippen MR) is 91.0 cm³/mol. The summed E-state index contributed by atoms with van der Waals surface area (Å²) in [6.07, 6.45) is 0. The third kappa shape index (κ3) is 4.38. The Morgan fingerprint density at radius 3 is 2.74 bits per heavy atom. The van der Waals surface area contributed by atoms with Crippen LogP contribution in [0.2, 0.25) is 5.02 Å². The average molecular weight is 330 g/mol. The summed E-state index contributed by atoms with van der Waals surface area (Å²) in [5.41, 5.74) is 2.53. The fourth-order valence-corrected chi connectivity index (χ4v) is 2.22. The van der Waals surface area contributed by atoms with Crippen LogP contribution in [0.3, 0.4) is 0 Å². The molecule has 118 valence electrons. The number of nitriles is 1. The van der Waals surface area contributed by atoms with E-state index in [1.165, 1.54) is 0 Å². The molecule has 2 aromatic rings. The lowest BCUT2D eigenvalue weighted by Crippen LogP contribution is -2.22. The van der Waals surface area contributed by atoms with Gasteiger partial charge in [0.05, 0.1) is 30.6 Å². The van der Waals surface area contributed by atoms with Crippen LogP contribution < -0.4 is 15.4 Å². The molecule has 0 unspecified atom stereocenters. The first-order valence-corrected chi connectivity index (χ1v) is 7.29. The van der Waals surface area contributed by atoms with Crippen LogP contribution in [-0.4, -0.2) is 19.6 Å². The highest BCUT2D eigenvalue weighted by atomic mass is 35.5. The first-order chi connectivity index (χ1) is 11.0. The molecule has 2 rings (SSSR count). The number of aryl methyl sites for hydroxylation is 1. The van der Waals surface area contributed by atoms with Crippen LogP contribution in [0.25, 0.3) is 0 Å². The number of benzene rings is 2. The molecular formula is C17H16ClN3O2. The summed E-state index contributed by atoms with van der Waals surface area (Å²) in [7, 11) is 1.57. The minimum absolute atomic E-state index is 0.0389. The lowest BCUT2D eigenvalue weighted by Gasteiger charge is -2.12. The Kier molecular flexibility index (Phi) is 5.45. The highest BCUT2D eigenvalue weighted by Crippen LogP contribution is 2.25. The standard InChI is InChI=1S/C17H16ClN3O2/c1-11-3-6-16(23-2)15(7-11)20-10-17(22)21-14-8-13(18)5-4-12(14)9-19/h3-8,20H,10H2,1-2H3,(H,21,22). The van der Waals surface area contributed by atoms with Crippen molar-refractivity contribution in [2.75, 3.05) is 24.3 Å². The van der Waals surface area contributed by atoms with Crippen molar-refractivity contribution in [3.63, 3.8) is 0 Å². The van der Waals surface area contributed by atoms with E-state index in [-0.39, 0.29) is 12.5 Å². The first-order valence-electron chi connectivity index (χ1n) is 6.91. The molecule has 0 heterocycles. The largest absolute Gasteiger partial charge is 0.495 e. The Bertz CT molecular complexity index is 769. The summed E-state index contributed by atoms with van der Waals surface area (Å²) >= 11 is 5.89. The molecule has 0 saturated carbocycles. The molecular weight excluding hydrogens is 314 g/mol. The number of carbonyl (C=O) groups is 1. The topological polar surface area (TPSA) is 74.2 Å². The number of halogens is 1. The number of amides is 1. The van der Waals surface area contributed by atoms with Gasteiger partial charge < -0.3 is 15.4 Å². The molecule has 0 saturated heterocycles. The van der Waals surface area contributed by atoms with Gasteiger partial charge in [-0.3, -0.25) is 4.79 Å². The number of nitrogens with one attached hydrogen (secondary N) is 2. The molecule has 6 heteroatoms. The maximum absolute atomic E-state index is 12.1. The number of rotatable bonds is 5. The number of methoxy groups -OCH3 is 1. The quantitative estimate of drug-likeness (QED) is 0.879. The highest BCUT2D eigenvalue weighted by Gasteiger charge is 2.09. The molecule has 0 bridgehead atoms. The van der Waals surface area contributed by atoms with Crippen molar-refractivity contribution in [3.8, 4) is 11.8 Å². The van der Waals surface area contributed by atoms with E-state index < -0.39 is 0 Å². The van der Waals surface area contributed by atoms with Gasteiger partial charge in [0.1, 0.15) is 11.8 Å². The van der Waals surface area contributed by atoms with Crippen molar-refractivity contribution in [2.24, 2.45) is 0 Å². The Balaban J connectivity index is 2.05. The number of hydrogen-bond donors (Lipinski definition) is 2. The van der Waals surface area contributed by atoms with Gasteiger partial charge in [-0.1, -0.05) is 17.7 Å². The van der Waals surface area contributed by atoms with E-state index in [0.29, 0.717) is 22.0 Å². The second-order valence-corrected chi connectivity index (χ2v) is 5.34. The van der Waals surface area contributed by atoms with Gasteiger partial charge in [-0.15, -0.1) is 0 Å². The van der Waals surface area contributed by atoms with Crippen molar-refractivity contribution in [2.45, 2.75) is 6.92 Å². The fraction of sp³-hybridized carbons (Fsp3) is 0.176. The molecule has 0 aliphatic heterocycles. The van der Waals surface area contributed by atoms with Crippen LogP contribution in [0.1, 0.15) is 11.1 Å². The maximum atomic E-state index is 12.1. The van der Waals surface area contributed by atoms with Crippen LogP contribution >= 0.6 is 11.6 Å². The summed E-state index contributed by atoms with van der Waals surface area (Å²) < 4.78 is 5.25. The molecule has 1 amide bonds. The smallest absolute Gasteiger partial charge is 0.243 e. The van der Waals surface area contributed by atoms with Crippen LogP contribution in [0.4, 0.5) is 11.4 Å². The number of nitrogens with zero attached hydrogens (tertiary/aromatic N) is 1. The minimum Gasteiger partial charge on any atom is -0.495 e. The molecule has 0 spiro atoms. The monoisotopic (exact) mass is 329 g/mol. The summed E-state index contributed by atoms with van der Waals surface area (Å²) in [5, 5.41) is 15.2. The summed E-state index contributed by atoms with van der Waals surface area (Å²) in [4.78, 5) is 12.1. The van der Waals surface area contributed by atoms with Crippen LogP contribution in [0.5, 0.6) is 5.75 Å². The predicted octanol–water partition coefficient (Wildman–Crippen LogP) is 3.58. The van der Waals surface area contributed by atoms with Gasteiger partial charge >= 0.3 is 0 Å². The number of hydrogen-bond acceptors (Lipinski definition) is 4. The molecule has 5 nitrogen and oxygen atoms in total. The number of anilines is 2. The Morgan fingerprint density at radius 2 is 2.04 bits per heavy atom. The van der Waals surface area contributed by atoms with E-state index in [2.05, 4.69) is 10.6 Å². The van der Waals surface area contributed by atoms with Crippen molar-refractivity contribution >= 4 is 28.9 Å². The van der Waals surface area contributed by atoms with Gasteiger partial charge in [0, 0.05) is 5.02 Å². The van der Waals surface area contributed by atoms with Crippen molar-refractivity contribution in [1.82, 2.24) is 0 Å². The molecule has 0 aliphatic carbocycles. The number of carbonyl (C=O) groups excluding carboxylic acids is 1. The molecule has 2 aromatic carbocycles. The van der Waals surface area contributed by atoms with Gasteiger partial charge in [-0.05, 0) is 42.8 Å². The van der Waals surface area contributed by atoms with Gasteiger partial charge in [0.25, 0.3) is 0 Å². The molecule has 0 aliphatic rings. The first kappa shape index (κ1) is 16.7. The molecule has 0 atom stereocenters. The Labute approximate surface area is 139 Å². The summed E-state index contributed by atoms with van der Waals surface area (Å²) in [6, 6.07) is 12.4. The van der Waals surface area contributed by atoms with E-state index in [9.17, 15) is 4.79 Å². The molecule has 0 fully saturated rings. The van der Waals surface area contributed by atoms with Crippen molar-refractivity contribution in [3.05, 3.63) is 52.5 Å². The number of ether oxygens (including phenoxy) is 1. The van der Waals surface area contributed by atoms with E-state index >= 15 is 0 Å². The van der Waals surface area contributed by atoms with Crippen LogP contribution in [0, 0.1) is 18.3 Å².